The van der Waals surface area contributed by atoms with E-state index in [0.29, 0.717) is 13.1 Å². The Hall–Kier alpha value is -2.70. The van der Waals surface area contributed by atoms with E-state index in [4.69, 9.17) is 9.47 Å². The van der Waals surface area contributed by atoms with Crippen LogP contribution in [-0.2, 0) is 13.1 Å². The number of nitrogens with zero attached hydrogens (tertiary/aromatic N) is 2. The third kappa shape index (κ3) is 4.38. The average Bonchev–Trinajstić information content (AvgIpc) is 3.23. The monoisotopic (exact) mass is 316 g/mol. The van der Waals surface area contributed by atoms with Crippen molar-refractivity contribution in [1.29, 1.82) is 0 Å². The average molecular weight is 316 g/mol. The van der Waals surface area contributed by atoms with E-state index >= 15 is 0 Å². The molecule has 0 atom stereocenters. The third-order valence-electron chi connectivity index (χ3n) is 3.58. The van der Waals surface area contributed by atoms with Gasteiger partial charge in [-0.15, -0.1) is 0 Å². The van der Waals surface area contributed by atoms with E-state index < -0.39 is 0 Å². The maximum atomic E-state index is 11.7. The van der Waals surface area contributed by atoms with Crippen LogP contribution in [0.4, 0.5) is 4.79 Å². The molecule has 0 fully saturated rings. The van der Waals surface area contributed by atoms with Gasteiger partial charge in [-0.2, -0.15) is 0 Å². The highest BCUT2D eigenvalue weighted by Crippen LogP contribution is 2.32. The van der Waals surface area contributed by atoms with Crippen molar-refractivity contribution < 1.29 is 14.3 Å². The van der Waals surface area contributed by atoms with Crippen LogP contribution >= 0.6 is 0 Å². The fourth-order valence-corrected chi connectivity index (χ4v) is 2.34. The number of nitrogens with one attached hydrogen (secondary N) is 2. The SMILES string of the molecule is O=C(NCCCCn1ccnc1)NCc1ccc2c(c1)OCO2. The maximum absolute atomic E-state index is 11.7. The summed E-state index contributed by atoms with van der Waals surface area (Å²) in [6.07, 6.45) is 7.42. The Morgan fingerprint density at radius 1 is 1.22 bits per heavy atom. The van der Waals surface area contributed by atoms with Crippen LogP contribution < -0.4 is 20.1 Å². The number of carbonyl (C=O) groups is 1. The van der Waals surface area contributed by atoms with Gasteiger partial charge in [-0.1, -0.05) is 6.07 Å². The van der Waals surface area contributed by atoms with Crippen LogP contribution in [-0.4, -0.2) is 28.9 Å². The number of aryl methyl sites for hydroxylation is 1. The Balaban J connectivity index is 1.30. The van der Waals surface area contributed by atoms with Gasteiger partial charge in [0.05, 0.1) is 6.33 Å². The highest BCUT2D eigenvalue weighted by atomic mass is 16.7. The van der Waals surface area contributed by atoms with Crippen molar-refractivity contribution >= 4 is 6.03 Å². The molecule has 1 aromatic carbocycles. The molecule has 7 nitrogen and oxygen atoms in total. The molecule has 2 N–H and O–H groups in total. The zero-order valence-corrected chi connectivity index (χ0v) is 12.8. The Morgan fingerprint density at radius 3 is 3.00 bits per heavy atom. The number of rotatable bonds is 7. The molecule has 1 aromatic heterocycles. The molecule has 0 aliphatic carbocycles. The van der Waals surface area contributed by atoms with E-state index in [-0.39, 0.29) is 12.8 Å². The largest absolute Gasteiger partial charge is 0.454 e. The maximum Gasteiger partial charge on any atom is 0.315 e. The Bertz CT molecular complexity index is 643. The summed E-state index contributed by atoms with van der Waals surface area (Å²) in [4.78, 5) is 15.7. The number of unbranched alkanes of at least 4 members (excludes halogenated alkanes) is 1. The number of benzene rings is 1. The first-order valence-electron chi connectivity index (χ1n) is 7.67. The molecule has 0 saturated heterocycles. The minimum absolute atomic E-state index is 0.162. The number of fused-ring (bicyclic) bond motifs is 1. The quantitative estimate of drug-likeness (QED) is 0.765. The first-order valence-corrected chi connectivity index (χ1v) is 7.67. The standard InChI is InChI=1S/C16H20N4O3/c21-16(18-5-1-2-7-20-8-6-17-11-20)19-10-13-3-4-14-15(9-13)23-12-22-14/h3-4,6,8-9,11H,1-2,5,7,10,12H2,(H2,18,19,21). The summed E-state index contributed by atoms with van der Waals surface area (Å²) in [6, 6.07) is 5.49. The molecule has 0 bridgehead atoms. The predicted molar refractivity (Wildman–Crippen MR) is 84.3 cm³/mol. The topological polar surface area (TPSA) is 77.4 Å². The lowest BCUT2D eigenvalue weighted by Gasteiger charge is -2.08. The van der Waals surface area contributed by atoms with Gasteiger partial charge in [0.2, 0.25) is 6.79 Å². The molecular weight excluding hydrogens is 296 g/mol. The Kier molecular flexibility index (Phi) is 4.98. The number of hydrogen-bond donors (Lipinski definition) is 2. The molecule has 23 heavy (non-hydrogen) atoms. The highest BCUT2D eigenvalue weighted by Gasteiger charge is 2.13. The molecule has 0 spiro atoms. The number of aromatic nitrogens is 2. The number of ether oxygens (including phenoxy) is 2. The zero-order valence-electron chi connectivity index (χ0n) is 12.8. The molecule has 0 radical (unpaired) electrons. The van der Waals surface area contributed by atoms with Gasteiger partial charge in [-0.25, -0.2) is 9.78 Å². The fourth-order valence-electron chi connectivity index (χ4n) is 2.34. The highest BCUT2D eigenvalue weighted by molar-refractivity contribution is 5.73. The number of carbonyl (C=O) groups excluding carboxylic acids is 1. The summed E-state index contributed by atoms with van der Waals surface area (Å²) in [6.45, 7) is 2.28. The van der Waals surface area contributed by atoms with Gasteiger partial charge in [0, 0.05) is 32.0 Å². The van der Waals surface area contributed by atoms with Gasteiger partial charge in [-0.3, -0.25) is 0 Å². The van der Waals surface area contributed by atoms with Crippen molar-refractivity contribution in [1.82, 2.24) is 20.2 Å². The van der Waals surface area contributed by atoms with Crippen LogP contribution in [0.1, 0.15) is 18.4 Å². The predicted octanol–water partition coefficient (Wildman–Crippen LogP) is 1.89. The van der Waals surface area contributed by atoms with Crippen LogP contribution in [0.15, 0.2) is 36.9 Å². The summed E-state index contributed by atoms with van der Waals surface area (Å²) in [7, 11) is 0. The molecule has 1 aliphatic heterocycles. The Morgan fingerprint density at radius 2 is 2.13 bits per heavy atom. The van der Waals surface area contributed by atoms with Crippen LogP contribution in [0.5, 0.6) is 11.5 Å². The van der Waals surface area contributed by atoms with Gasteiger partial charge in [0.15, 0.2) is 11.5 Å². The lowest BCUT2D eigenvalue weighted by Crippen LogP contribution is -2.35. The first kappa shape index (κ1) is 15.2. The Labute approximate surface area is 134 Å². The number of urea groups is 1. The lowest BCUT2D eigenvalue weighted by molar-refractivity contribution is 0.174. The molecule has 2 aromatic rings. The number of amides is 2. The molecule has 0 unspecified atom stereocenters. The molecule has 2 amide bonds. The minimum atomic E-state index is -0.162. The second-order valence-corrected chi connectivity index (χ2v) is 5.30. The van der Waals surface area contributed by atoms with E-state index in [0.717, 1.165) is 36.4 Å². The van der Waals surface area contributed by atoms with Crippen molar-refractivity contribution in [2.75, 3.05) is 13.3 Å². The van der Waals surface area contributed by atoms with Crippen LogP contribution in [0.25, 0.3) is 0 Å². The molecule has 7 heteroatoms. The summed E-state index contributed by atoms with van der Waals surface area (Å²) < 4.78 is 12.6. The zero-order chi connectivity index (χ0) is 15.9. The van der Waals surface area contributed by atoms with E-state index in [2.05, 4.69) is 15.6 Å². The van der Waals surface area contributed by atoms with E-state index in [1.807, 2.05) is 29.0 Å². The second-order valence-electron chi connectivity index (χ2n) is 5.30. The molecule has 122 valence electrons. The summed E-state index contributed by atoms with van der Waals surface area (Å²) in [5, 5.41) is 5.69. The minimum Gasteiger partial charge on any atom is -0.454 e. The van der Waals surface area contributed by atoms with Crippen LogP contribution in [0.2, 0.25) is 0 Å². The second kappa shape index (κ2) is 7.53. The van der Waals surface area contributed by atoms with Crippen molar-refractivity contribution in [2.45, 2.75) is 25.9 Å². The van der Waals surface area contributed by atoms with E-state index in [1.54, 1.807) is 12.5 Å². The van der Waals surface area contributed by atoms with Crippen LogP contribution in [0.3, 0.4) is 0 Å². The number of hydrogen-bond acceptors (Lipinski definition) is 4. The van der Waals surface area contributed by atoms with Gasteiger partial charge in [-0.05, 0) is 30.5 Å². The van der Waals surface area contributed by atoms with Gasteiger partial charge in [0.1, 0.15) is 0 Å². The van der Waals surface area contributed by atoms with Crippen molar-refractivity contribution in [3.8, 4) is 11.5 Å². The van der Waals surface area contributed by atoms with Crippen molar-refractivity contribution in [3.63, 3.8) is 0 Å². The molecule has 0 saturated carbocycles. The van der Waals surface area contributed by atoms with Gasteiger partial charge in [0.25, 0.3) is 0 Å². The van der Waals surface area contributed by atoms with E-state index in [9.17, 15) is 4.79 Å². The molecule has 3 rings (SSSR count). The fraction of sp³-hybridized carbons (Fsp3) is 0.375. The normalized spacial score (nSPS) is 12.2. The summed E-state index contributed by atoms with van der Waals surface area (Å²) in [5.41, 5.74) is 0.976. The van der Waals surface area contributed by atoms with Crippen LogP contribution in [0, 0.1) is 0 Å². The summed E-state index contributed by atoms with van der Waals surface area (Å²) >= 11 is 0. The number of imidazole rings is 1. The lowest BCUT2D eigenvalue weighted by atomic mass is 10.2. The van der Waals surface area contributed by atoms with Gasteiger partial charge < -0.3 is 24.7 Å². The van der Waals surface area contributed by atoms with Gasteiger partial charge >= 0.3 is 6.03 Å². The summed E-state index contributed by atoms with van der Waals surface area (Å²) in [5.74, 6) is 1.47. The van der Waals surface area contributed by atoms with Crippen molar-refractivity contribution in [3.05, 3.63) is 42.5 Å². The molecule has 2 heterocycles. The first-order chi connectivity index (χ1) is 11.3. The third-order valence-corrected chi connectivity index (χ3v) is 3.58. The molecular formula is C16H20N4O3. The van der Waals surface area contributed by atoms with Crippen molar-refractivity contribution in [2.24, 2.45) is 0 Å². The molecule has 1 aliphatic rings. The van der Waals surface area contributed by atoms with E-state index in [1.165, 1.54) is 0 Å². The smallest absolute Gasteiger partial charge is 0.315 e.